The van der Waals surface area contributed by atoms with Crippen LogP contribution in [0.2, 0.25) is 0 Å². The van der Waals surface area contributed by atoms with E-state index in [9.17, 15) is 20.1 Å². The molecule has 0 bridgehead atoms. The molecular formula is C13H18N2O4. The lowest BCUT2D eigenvalue weighted by Crippen LogP contribution is -2.59. The van der Waals surface area contributed by atoms with E-state index in [0.29, 0.717) is 6.42 Å². The minimum Gasteiger partial charge on any atom is -0.394 e. The van der Waals surface area contributed by atoms with Crippen molar-refractivity contribution in [3.05, 3.63) is 29.8 Å². The van der Waals surface area contributed by atoms with Gasteiger partial charge in [0.2, 0.25) is 5.91 Å². The fraction of sp³-hybridized carbons (Fsp3) is 0.462. The molecule has 0 saturated carbocycles. The number of para-hydroxylation sites is 1. The molecule has 0 aliphatic carbocycles. The lowest BCUT2D eigenvalue weighted by atomic mass is 10.0. The summed E-state index contributed by atoms with van der Waals surface area (Å²) in [5.74, 6) is -0.353. The Kier molecular flexibility index (Phi) is 4.04. The van der Waals surface area contributed by atoms with Gasteiger partial charge < -0.3 is 26.0 Å². The molecule has 6 heteroatoms. The van der Waals surface area contributed by atoms with Gasteiger partial charge in [-0.05, 0) is 11.6 Å². The number of rotatable bonds is 5. The summed E-state index contributed by atoms with van der Waals surface area (Å²) >= 11 is 0. The number of carbonyl (C=O) groups excluding carboxylic acids is 1. The first-order chi connectivity index (χ1) is 9.14. The van der Waals surface area contributed by atoms with Crippen molar-refractivity contribution >= 4 is 11.6 Å². The maximum Gasteiger partial charge on any atom is 0.243 e. The first-order valence-electron chi connectivity index (χ1n) is 6.13. The second-order valence-electron chi connectivity index (χ2n) is 4.80. The van der Waals surface area contributed by atoms with Gasteiger partial charge in [-0.15, -0.1) is 0 Å². The fourth-order valence-electron chi connectivity index (χ4n) is 2.07. The highest BCUT2D eigenvalue weighted by molar-refractivity contribution is 5.88. The fourth-order valence-corrected chi connectivity index (χ4v) is 2.07. The summed E-state index contributed by atoms with van der Waals surface area (Å²) < 4.78 is 0. The molecule has 0 fully saturated rings. The average Bonchev–Trinajstić information content (AvgIpc) is 2.89. The number of aliphatic hydroxyl groups is 3. The SMILES string of the molecule is O=C(NC(CO)(CO)CO)C1Cc2ccccc2N1. The largest absolute Gasteiger partial charge is 0.394 e. The topological polar surface area (TPSA) is 102 Å². The van der Waals surface area contributed by atoms with Gasteiger partial charge in [-0.3, -0.25) is 4.79 Å². The standard InChI is InChI=1S/C13H18N2O4/c16-6-13(7-17,8-18)15-12(19)11-5-9-3-1-2-4-10(9)14-11/h1-4,11,14,16-18H,5-8H2,(H,15,19). The smallest absolute Gasteiger partial charge is 0.243 e. The van der Waals surface area contributed by atoms with Crippen molar-refractivity contribution in [2.45, 2.75) is 18.0 Å². The number of hydrogen-bond donors (Lipinski definition) is 5. The highest BCUT2D eigenvalue weighted by Gasteiger charge is 2.34. The van der Waals surface area contributed by atoms with Crippen LogP contribution in [0.4, 0.5) is 5.69 Å². The number of hydrogen-bond acceptors (Lipinski definition) is 5. The zero-order chi connectivity index (χ0) is 13.9. The zero-order valence-corrected chi connectivity index (χ0v) is 10.5. The van der Waals surface area contributed by atoms with Gasteiger partial charge in [0, 0.05) is 12.1 Å². The van der Waals surface area contributed by atoms with E-state index < -0.39 is 31.4 Å². The minimum atomic E-state index is -1.38. The van der Waals surface area contributed by atoms with E-state index in [2.05, 4.69) is 10.6 Å². The third-order valence-corrected chi connectivity index (χ3v) is 3.38. The van der Waals surface area contributed by atoms with Crippen LogP contribution >= 0.6 is 0 Å². The first-order valence-corrected chi connectivity index (χ1v) is 6.13. The van der Waals surface area contributed by atoms with E-state index in [4.69, 9.17) is 0 Å². The van der Waals surface area contributed by atoms with Gasteiger partial charge in [0.15, 0.2) is 0 Å². The van der Waals surface area contributed by atoms with Crippen LogP contribution in [0.15, 0.2) is 24.3 Å². The van der Waals surface area contributed by atoms with Crippen LogP contribution in [0.25, 0.3) is 0 Å². The molecule has 19 heavy (non-hydrogen) atoms. The lowest BCUT2D eigenvalue weighted by Gasteiger charge is -2.30. The summed E-state index contributed by atoms with van der Waals surface area (Å²) in [5, 5.41) is 33.1. The van der Waals surface area contributed by atoms with Crippen LogP contribution in [-0.2, 0) is 11.2 Å². The third-order valence-electron chi connectivity index (χ3n) is 3.38. The molecule has 1 heterocycles. The van der Waals surface area contributed by atoms with E-state index >= 15 is 0 Å². The Hall–Kier alpha value is -1.63. The van der Waals surface area contributed by atoms with Crippen LogP contribution in [-0.4, -0.2) is 52.6 Å². The second-order valence-corrected chi connectivity index (χ2v) is 4.80. The Morgan fingerprint density at radius 2 is 1.89 bits per heavy atom. The van der Waals surface area contributed by atoms with Gasteiger partial charge in [0.05, 0.1) is 19.8 Å². The number of amides is 1. The van der Waals surface area contributed by atoms with Crippen molar-refractivity contribution < 1.29 is 20.1 Å². The van der Waals surface area contributed by atoms with E-state index in [1.807, 2.05) is 24.3 Å². The summed E-state index contributed by atoms with van der Waals surface area (Å²) in [5.41, 5.74) is 0.573. The van der Waals surface area contributed by atoms with Gasteiger partial charge in [-0.1, -0.05) is 18.2 Å². The summed E-state index contributed by atoms with van der Waals surface area (Å²) in [6.45, 7) is -1.57. The molecule has 0 aromatic heterocycles. The highest BCUT2D eigenvalue weighted by Crippen LogP contribution is 2.25. The van der Waals surface area contributed by atoms with Gasteiger partial charge in [0.1, 0.15) is 11.6 Å². The quantitative estimate of drug-likeness (QED) is 0.463. The minimum absolute atomic E-state index is 0.353. The van der Waals surface area contributed by atoms with Crippen LogP contribution in [0.3, 0.4) is 0 Å². The molecule has 5 N–H and O–H groups in total. The molecule has 1 aromatic carbocycles. The lowest BCUT2D eigenvalue weighted by molar-refractivity contribution is -0.126. The maximum atomic E-state index is 12.1. The summed E-state index contributed by atoms with van der Waals surface area (Å²) in [4.78, 5) is 12.1. The molecule has 6 nitrogen and oxygen atoms in total. The molecule has 2 rings (SSSR count). The number of benzene rings is 1. The Labute approximate surface area is 111 Å². The molecule has 1 aliphatic heterocycles. The first kappa shape index (κ1) is 13.8. The maximum absolute atomic E-state index is 12.1. The van der Waals surface area contributed by atoms with Crippen molar-refractivity contribution in [1.29, 1.82) is 0 Å². The van der Waals surface area contributed by atoms with Crippen LogP contribution in [0.1, 0.15) is 5.56 Å². The molecule has 1 atom stereocenters. The monoisotopic (exact) mass is 266 g/mol. The number of fused-ring (bicyclic) bond motifs is 1. The van der Waals surface area contributed by atoms with E-state index in [1.165, 1.54) is 0 Å². The van der Waals surface area contributed by atoms with Gasteiger partial charge >= 0.3 is 0 Å². The molecule has 0 radical (unpaired) electrons. The Morgan fingerprint density at radius 3 is 2.47 bits per heavy atom. The van der Waals surface area contributed by atoms with Crippen LogP contribution < -0.4 is 10.6 Å². The predicted molar refractivity (Wildman–Crippen MR) is 69.7 cm³/mol. The van der Waals surface area contributed by atoms with E-state index in [1.54, 1.807) is 0 Å². The normalized spacial score (nSPS) is 17.7. The highest BCUT2D eigenvalue weighted by atomic mass is 16.3. The van der Waals surface area contributed by atoms with Crippen molar-refractivity contribution in [2.24, 2.45) is 0 Å². The van der Waals surface area contributed by atoms with Crippen molar-refractivity contribution in [1.82, 2.24) is 5.32 Å². The van der Waals surface area contributed by atoms with Crippen molar-refractivity contribution in [3.8, 4) is 0 Å². The van der Waals surface area contributed by atoms with E-state index in [0.717, 1.165) is 11.3 Å². The predicted octanol–water partition coefficient (Wildman–Crippen LogP) is -1.14. The average molecular weight is 266 g/mol. The molecule has 1 unspecified atom stereocenters. The second kappa shape index (κ2) is 5.56. The number of aliphatic hydroxyl groups excluding tert-OH is 3. The van der Waals surface area contributed by atoms with E-state index in [-0.39, 0.29) is 5.91 Å². The zero-order valence-electron chi connectivity index (χ0n) is 10.5. The Morgan fingerprint density at radius 1 is 1.26 bits per heavy atom. The molecule has 1 amide bonds. The van der Waals surface area contributed by atoms with Gasteiger partial charge in [-0.2, -0.15) is 0 Å². The Balaban J connectivity index is 2.03. The van der Waals surface area contributed by atoms with Crippen molar-refractivity contribution in [3.63, 3.8) is 0 Å². The molecular weight excluding hydrogens is 248 g/mol. The number of carbonyl (C=O) groups is 1. The number of nitrogens with one attached hydrogen (secondary N) is 2. The number of anilines is 1. The van der Waals surface area contributed by atoms with Crippen molar-refractivity contribution in [2.75, 3.05) is 25.1 Å². The molecule has 0 saturated heterocycles. The summed E-state index contributed by atoms with van der Waals surface area (Å²) in [7, 11) is 0. The van der Waals surface area contributed by atoms with Crippen LogP contribution in [0.5, 0.6) is 0 Å². The third kappa shape index (κ3) is 2.70. The Bertz CT molecular complexity index is 426. The van der Waals surface area contributed by atoms with Crippen LogP contribution in [0, 0.1) is 0 Å². The van der Waals surface area contributed by atoms with Gasteiger partial charge in [-0.25, -0.2) is 0 Å². The summed E-state index contributed by atoms with van der Waals surface area (Å²) in [6.07, 6.45) is 0.542. The molecule has 104 valence electrons. The molecule has 1 aliphatic rings. The van der Waals surface area contributed by atoms with Gasteiger partial charge in [0.25, 0.3) is 0 Å². The molecule has 1 aromatic rings. The summed E-state index contributed by atoms with van der Waals surface area (Å²) in [6, 6.07) is 7.15. The molecule has 0 spiro atoms.